The van der Waals surface area contributed by atoms with Crippen LogP contribution < -0.4 is 9.64 Å². The fraction of sp³-hybridized carbons (Fsp3) is 0.480. The maximum absolute atomic E-state index is 13.2. The Morgan fingerprint density at radius 1 is 1.00 bits per heavy atom. The first-order valence-corrected chi connectivity index (χ1v) is 11.3. The molecule has 0 spiro atoms. The van der Waals surface area contributed by atoms with Crippen molar-refractivity contribution < 1.29 is 13.9 Å². The number of piperazine rings is 1. The molecule has 5 nitrogen and oxygen atoms in total. The zero-order valence-electron chi connectivity index (χ0n) is 18.5. The molecule has 2 aliphatic rings. The van der Waals surface area contributed by atoms with Crippen LogP contribution in [0.5, 0.6) is 5.75 Å². The van der Waals surface area contributed by atoms with Crippen LogP contribution in [0.2, 0.25) is 0 Å². The molecule has 0 radical (unpaired) electrons. The summed E-state index contributed by atoms with van der Waals surface area (Å²) in [5.74, 6) is 0.595. The summed E-state index contributed by atoms with van der Waals surface area (Å²) in [5, 5.41) is 0. The SMILES string of the molecule is C[C@@H]1CN(Cc2ccc(F)cc2)[C@@H](C)CN1C(=O)COc1ccccc1N1CCCC1. The molecule has 31 heavy (non-hydrogen) atoms. The van der Waals surface area contributed by atoms with E-state index in [1.807, 2.05) is 35.2 Å². The summed E-state index contributed by atoms with van der Waals surface area (Å²) in [6, 6.07) is 15.0. The van der Waals surface area contributed by atoms with Crippen molar-refractivity contribution in [2.24, 2.45) is 0 Å². The Morgan fingerprint density at radius 2 is 1.71 bits per heavy atom. The van der Waals surface area contributed by atoms with E-state index in [1.165, 1.54) is 25.0 Å². The van der Waals surface area contributed by atoms with Gasteiger partial charge in [-0.25, -0.2) is 4.39 Å². The van der Waals surface area contributed by atoms with Crippen molar-refractivity contribution >= 4 is 11.6 Å². The Morgan fingerprint density at radius 3 is 2.45 bits per heavy atom. The third kappa shape index (κ3) is 5.18. The minimum absolute atomic E-state index is 0.0250. The van der Waals surface area contributed by atoms with Crippen molar-refractivity contribution in [1.82, 2.24) is 9.80 Å². The molecule has 0 saturated carbocycles. The number of nitrogens with zero attached hydrogens (tertiary/aromatic N) is 3. The number of amides is 1. The van der Waals surface area contributed by atoms with Crippen molar-refractivity contribution in [2.45, 2.75) is 45.3 Å². The number of hydrogen-bond acceptors (Lipinski definition) is 4. The Balaban J connectivity index is 1.34. The molecule has 2 fully saturated rings. The van der Waals surface area contributed by atoms with Gasteiger partial charge in [-0.05, 0) is 56.5 Å². The summed E-state index contributed by atoms with van der Waals surface area (Å²) in [4.78, 5) is 19.6. The largest absolute Gasteiger partial charge is 0.482 e. The maximum atomic E-state index is 13.2. The molecule has 2 saturated heterocycles. The van der Waals surface area contributed by atoms with Gasteiger partial charge >= 0.3 is 0 Å². The number of carbonyl (C=O) groups excluding carboxylic acids is 1. The molecule has 2 atom stereocenters. The summed E-state index contributed by atoms with van der Waals surface area (Å²) in [6.45, 7) is 8.57. The first kappa shape index (κ1) is 21.6. The highest BCUT2D eigenvalue weighted by molar-refractivity contribution is 5.78. The molecule has 0 N–H and O–H groups in total. The van der Waals surface area contributed by atoms with Gasteiger partial charge in [0.1, 0.15) is 11.6 Å². The van der Waals surface area contributed by atoms with Crippen LogP contribution in [-0.4, -0.2) is 60.6 Å². The minimum atomic E-state index is -0.216. The third-order valence-corrected chi connectivity index (χ3v) is 6.40. The number of rotatable bonds is 6. The highest BCUT2D eigenvalue weighted by Crippen LogP contribution is 2.30. The van der Waals surface area contributed by atoms with E-state index >= 15 is 0 Å². The fourth-order valence-corrected chi connectivity index (χ4v) is 4.61. The predicted octanol–water partition coefficient (Wildman–Crippen LogP) is 3.93. The second-order valence-electron chi connectivity index (χ2n) is 8.75. The molecule has 2 aliphatic heterocycles. The van der Waals surface area contributed by atoms with E-state index in [1.54, 1.807) is 0 Å². The van der Waals surface area contributed by atoms with Gasteiger partial charge in [0.05, 0.1) is 5.69 Å². The van der Waals surface area contributed by atoms with E-state index in [4.69, 9.17) is 4.74 Å². The molecule has 2 heterocycles. The summed E-state index contributed by atoms with van der Waals surface area (Å²) in [7, 11) is 0. The lowest BCUT2D eigenvalue weighted by atomic mass is 10.1. The smallest absolute Gasteiger partial charge is 0.260 e. The number of para-hydroxylation sites is 2. The molecule has 6 heteroatoms. The van der Waals surface area contributed by atoms with Crippen LogP contribution in [-0.2, 0) is 11.3 Å². The lowest BCUT2D eigenvalue weighted by Gasteiger charge is -2.44. The molecule has 0 bridgehead atoms. The lowest BCUT2D eigenvalue weighted by molar-refractivity contribution is -0.139. The summed E-state index contributed by atoms with van der Waals surface area (Å²) >= 11 is 0. The van der Waals surface area contributed by atoms with Gasteiger partial charge in [-0.2, -0.15) is 0 Å². The summed E-state index contributed by atoms with van der Waals surface area (Å²) in [5.41, 5.74) is 2.17. The predicted molar refractivity (Wildman–Crippen MR) is 121 cm³/mol. The molecule has 0 aromatic heterocycles. The summed E-state index contributed by atoms with van der Waals surface area (Å²) < 4.78 is 19.2. The molecule has 0 aliphatic carbocycles. The Hall–Kier alpha value is -2.60. The topological polar surface area (TPSA) is 36.0 Å². The molecular weight excluding hydrogens is 393 g/mol. The van der Waals surface area contributed by atoms with Crippen molar-refractivity contribution in [3.05, 3.63) is 59.9 Å². The maximum Gasteiger partial charge on any atom is 0.260 e. The standard InChI is InChI=1S/C25H32FN3O2/c1-19-16-29(20(2)15-28(19)17-21-9-11-22(26)12-10-21)25(30)18-31-24-8-4-3-7-23(24)27-13-5-6-14-27/h3-4,7-12,19-20H,5-6,13-18H2,1-2H3/t19-,20+/m0/s1. The highest BCUT2D eigenvalue weighted by Gasteiger charge is 2.32. The second kappa shape index (κ2) is 9.69. The van der Waals surface area contributed by atoms with Gasteiger partial charge in [0.25, 0.3) is 5.91 Å². The highest BCUT2D eigenvalue weighted by atomic mass is 19.1. The van der Waals surface area contributed by atoms with E-state index in [0.717, 1.165) is 43.2 Å². The van der Waals surface area contributed by atoms with Gasteiger partial charge < -0.3 is 14.5 Å². The van der Waals surface area contributed by atoms with E-state index < -0.39 is 0 Å². The van der Waals surface area contributed by atoms with Crippen LogP contribution in [0.4, 0.5) is 10.1 Å². The van der Waals surface area contributed by atoms with Crippen LogP contribution in [0.15, 0.2) is 48.5 Å². The van der Waals surface area contributed by atoms with Crippen molar-refractivity contribution in [1.29, 1.82) is 0 Å². The number of hydrogen-bond donors (Lipinski definition) is 0. The Bertz CT molecular complexity index is 883. The molecule has 0 unspecified atom stereocenters. The molecule has 166 valence electrons. The first-order chi connectivity index (χ1) is 15.0. The van der Waals surface area contributed by atoms with Crippen molar-refractivity contribution in [3.63, 3.8) is 0 Å². The minimum Gasteiger partial charge on any atom is -0.482 e. The monoisotopic (exact) mass is 425 g/mol. The second-order valence-corrected chi connectivity index (χ2v) is 8.75. The van der Waals surface area contributed by atoms with E-state index in [0.29, 0.717) is 6.54 Å². The van der Waals surface area contributed by atoms with E-state index in [-0.39, 0.29) is 30.4 Å². The van der Waals surface area contributed by atoms with Crippen LogP contribution in [0.1, 0.15) is 32.3 Å². The zero-order valence-corrected chi connectivity index (χ0v) is 18.5. The Kier molecular flexibility index (Phi) is 6.76. The normalized spacial score (nSPS) is 22.0. The van der Waals surface area contributed by atoms with Gasteiger partial charge in [0.15, 0.2) is 6.61 Å². The average molecular weight is 426 g/mol. The molecular formula is C25H32FN3O2. The van der Waals surface area contributed by atoms with Crippen LogP contribution in [0, 0.1) is 5.82 Å². The number of benzene rings is 2. The quantitative estimate of drug-likeness (QED) is 0.703. The number of carbonyl (C=O) groups is 1. The first-order valence-electron chi connectivity index (χ1n) is 11.3. The lowest BCUT2D eigenvalue weighted by Crippen LogP contribution is -2.58. The van der Waals surface area contributed by atoms with Crippen molar-refractivity contribution in [3.8, 4) is 5.75 Å². The van der Waals surface area contributed by atoms with Gasteiger partial charge in [-0.15, -0.1) is 0 Å². The van der Waals surface area contributed by atoms with E-state index in [9.17, 15) is 9.18 Å². The van der Waals surface area contributed by atoms with Gasteiger partial charge in [0, 0.05) is 44.8 Å². The molecule has 2 aromatic carbocycles. The van der Waals surface area contributed by atoms with Crippen molar-refractivity contribution in [2.75, 3.05) is 37.7 Å². The van der Waals surface area contributed by atoms with Gasteiger partial charge in [-0.1, -0.05) is 24.3 Å². The third-order valence-electron chi connectivity index (χ3n) is 6.40. The molecule has 4 rings (SSSR count). The summed E-state index contributed by atoms with van der Waals surface area (Å²) in [6.07, 6.45) is 2.40. The number of ether oxygens (including phenoxy) is 1. The molecule has 1 amide bonds. The fourth-order valence-electron chi connectivity index (χ4n) is 4.61. The van der Waals surface area contributed by atoms with E-state index in [2.05, 4.69) is 29.7 Å². The average Bonchev–Trinajstić information content (AvgIpc) is 3.31. The number of halogens is 1. The van der Waals surface area contributed by atoms with Gasteiger partial charge in [-0.3, -0.25) is 9.69 Å². The number of anilines is 1. The van der Waals surface area contributed by atoms with Gasteiger partial charge in [0.2, 0.25) is 0 Å². The molecule has 2 aromatic rings. The Labute approximate surface area is 184 Å². The van der Waals surface area contributed by atoms with Crippen LogP contribution in [0.25, 0.3) is 0 Å². The zero-order chi connectivity index (χ0) is 21.8. The van der Waals surface area contributed by atoms with Crippen LogP contribution >= 0.6 is 0 Å². The van der Waals surface area contributed by atoms with Crippen LogP contribution in [0.3, 0.4) is 0 Å².